The number of anilines is 2. The zero-order valence-electron chi connectivity index (χ0n) is 18.1. The normalized spacial score (nSPS) is 12.4. The minimum absolute atomic E-state index is 0.387. The number of pyridine rings is 1. The van der Waals surface area contributed by atoms with Gasteiger partial charge in [-0.15, -0.1) is 0 Å². The number of halogens is 3. The second kappa shape index (κ2) is 8.94. The average molecular weight is 449 g/mol. The number of para-hydroxylation sites is 1. The fraction of sp³-hybridized carbons (Fsp3) is 0.154. The number of benzene rings is 3. The van der Waals surface area contributed by atoms with Crippen molar-refractivity contribution < 1.29 is 18.0 Å². The standard InChI is InChI=1S/C26H22F3N3O/c1-16-5-3-6-17(2)23(16)32-24(18-9-11-20(12-10-18)26(27,28)29)25(33)31-22-8-4-7-19-15-30-14-13-21(19)22/h3-15,24,32H,1-2H3,(H,31,33). The molecule has 1 amide bonds. The fourth-order valence-electron chi connectivity index (χ4n) is 3.79. The van der Waals surface area contributed by atoms with E-state index < -0.39 is 17.8 Å². The molecule has 0 aliphatic heterocycles. The summed E-state index contributed by atoms with van der Waals surface area (Å²) in [7, 11) is 0. The maximum Gasteiger partial charge on any atom is 0.416 e. The van der Waals surface area contributed by atoms with Gasteiger partial charge in [-0.05, 0) is 54.8 Å². The van der Waals surface area contributed by atoms with E-state index in [-0.39, 0.29) is 5.91 Å². The highest BCUT2D eigenvalue weighted by Crippen LogP contribution is 2.32. The monoisotopic (exact) mass is 449 g/mol. The van der Waals surface area contributed by atoms with Gasteiger partial charge in [0.15, 0.2) is 0 Å². The third-order valence-corrected chi connectivity index (χ3v) is 5.54. The highest BCUT2D eigenvalue weighted by molar-refractivity contribution is 6.04. The smallest absolute Gasteiger partial charge is 0.370 e. The van der Waals surface area contributed by atoms with Gasteiger partial charge in [0.2, 0.25) is 0 Å². The summed E-state index contributed by atoms with van der Waals surface area (Å²) in [6.45, 7) is 3.82. The van der Waals surface area contributed by atoms with Crippen molar-refractivity contribution in [3.8, 4) is 0 Å². The lowest BCUT2D eigenvalue weighted by Crippen LogP contribution is -2.28. The van der Waals surface area contributed by atoms with Crippen molar-refractivity contribution in [3.63, 3.8) is 0 Å². The van der Waals surface area contributed by atoms with Gasteiger partial charge in [-0.25, -0.2) is 0 Å². The number of carbonyl (C=O) groups is 1. The molecule has 0 spiro atoms. The molecule has 4 rings (SSSR count). The molecule has 7 heteroatoms. The van der Waals surface area contributed by atoms with Crippen molar-refractivity contribution in [2.24, 2.45) is 0 Å². The van der Waals surface area contributed by atoms with Crippen LogP contribution in [-0.2, 0) is 11.0 Å². The average Bonchev–Trinajstić information content (AvgIpc) is 2.79. The van der Waals surface area contributed by atoms with Crippen molar-refractivity contribution in [1.82, 2.24) is 4.98 Å². The lowest BCUT2D eigenvalue weighted by atomic mass is 10.0. The van der Waals surface area contributed by atoms with Crippen LogP contribution < -0.4 is 10.6 Å². The van der Waals surface area contributed by atoms with E-state index in [0.29, 0.717) is 11.3 Å². The Labute approximate surface area is 189 Å². The molecular formula is C26H22F3N3O. The van der Waals surface area contributed by atoms with Crippen LogP contribution in [0.1, 0.15) is 28.3 Å². The third kappa shape index (κ3) is 4.82. The maximum absolute atomic E-state index is 13.5. The predicted molar refractivity (Wildman–Crippen MR) is 124 cm³/mol. The first-order chi connectivity index (χ1) is 15.7. The summed E-state index contributed by atoms with van der Waals surface area (Å²) in [5.74, 6) is -0.387. The van der Waals surface area contributed by atoms with Crippen LogP contribution in [0.25, 0.3) is 10.8 Å². The Balaban J connectivity index is 1.72. The van der Waals surface area contributed by atoms with Crippen molar-refractivity contribution in [2.75, 3.05) is 10.6 Å². The van der Waals surface area contributed by atoms with Gasteiger partial charge >= 0.3 is 6.18 Å². The molecule has 0 fully saturated rings. The van der Waals surface area contributed by atoms with Gasteiger partial charge in [0.05, 0.1) is 5.56 Å². The van der Waals surface area contributed by atoms with E-state index >= 15 is 0 Å². The lowest BCUT2D eigenvalue weighted by Gasteiger charge is -2.23. The molecule has 4 aromatic rings. The fourth-order valence-corrected chi connectivity index (χ4v) is 3.79. The zero-order chi connectivity index (χ0) is 23.6. The third-order valence-electron chi connectivity index (χ3n) is 5.54. The second-order valence-corrected chi connectivity index (χ2v) is 7.86. The molecule has 1 heterocycles. The molecule has 0 saturated carbocycles. The summed E-state index contributed by atoms with van der Waals surface area (Å²) in [6, 6.07) is 16.8. The molecular weight excluding hydrogens is 427 g/mol. The number of hydrogen-bond donors (Lipinski definition) is 2. The molecule has 0 bridgehead atoms. The molecule has 1 atom stereocenters. The number of amides is 1. The number of fused-ring (bicyclic) bond motifs is 1. The van der Waals surface area contributed by atoms with Crippen LogP contribution in [-0.4, -0.2) is 10.9 Å². The number of aromatic nitrogens is 1. The van der Waals surface area contributed by atoms with E-state index in [2.05, 4.69) is 15.6 Å². The molecule has 3 aromatic carbocycles. The van der Waals surface area contributed by atoms with Gasteiger partial charge in [-0.2, -0.15) is 13.2 Å². The van der Waals surface area contributed by atoms with Crippen LogP contribution in [0.2, 0.25) is 0 Å². The Morgan fingerprint density at radius 1 is 0.909 bits per heavy atom. The Hall–Kier alpha value is -3.87. The van der Waals surface area contributed by atoms with Gasteiger partial charge in [0.1, 0.15) is 6.04 Å². The van der Waals surface area contributed by atoms with Gasteiger partial charge in [0.25, 0.3) is 5.91 Å². The molecule has 1 unspecified atom stereocenters. The van der Waals surface area contributed by atoms with Gasteiger partial charge in [0, 0.05) is 34.5 Å². The molecule has 0 saturated heterocycles. The number of alkyl halides is 3. The lowest BCUT2D eigenvalue weighted by molar-refractivity contribution is -0.137. The first kappa shape index (κ1) is 22.3. The molecule has 33 heavy (non-hydrogen) atoms. The second-order valence-electron chi connectivity index (χ2n) is 7.86. The van der Waals surface area contributed by atoms with E-state index in [1.165, 1.54) is 12.1 Å². The maximum atomic E-state index is 13.5. The Morgan fingerprint density at radius 2 is 1.58 bits per heavy atom. The number of carbonyl (C=O) groups excluding carboxylic acids is 1. The Morgan fingerprint density at radius 3 is 2.24 bits per heavy atom. The molecule has 0 aliphatic rings. The largest absolute Gasteiger partial charge is 0.416 e. The van der Waals surface area contributed by atoms with Crippen molar-refractivity contribution >= 4 is 28.1 Å². The van der Waals surface area contributed by atoms with Gasteiger partial charge in [-0.3, -0.25) is 9.78 Å². The van der Waals surface area contributed by atoms with Crippen LogP contribution in [0.4, 0.5) is 24.5 Å². The van der Waals surface area contributed by atoms with Crippen LogP contribution in [0.3, 0.4) is 0 Å². The summed E-state index contributed by atoms with van der Waals surface area (Å²) >= 11 is 0. The molecule has 1 aromatic heterocycles. The van der Waals surface area contributed by atoms with Crippen LogP contribution in [0.5, 0.6) is 0 Å². The molecule has 2 N–H and O–H groups in total. The van der Waals surface area contributed by atoms with Crippen LogP contribution in [0, 0.1) is 13.8 Å². The number of nitrogens with zero attached hydrogens (tertiary/aromatic N) is 1. The van der Waals surface area contributed by atoms with Crippen LogP contribution >= 0.6 is 0 Å². The highest BCUT2D eigenvalue weighted by atomic mass is 19.4. The molecule has 168 valence electrons. The minimum atomic E-state index is -4.45. The topological polar surface area (TPSA) is 54.0 Å². The first-order valence-electron chi connectivity index (χ1n) is 10.4. The number of nitrogens with one attached hydrogen (secondary N) is 2. The molecule has 0 aliphatic carbocycles. The summed E-state index contributed by atoms with van der Waals surface area (Å²) in [5.41, 5.74) is 2.87. The van der Waals surface area contributed by atoms with Crippen LogP contribution in [0.15, 0.2) is 79.1 Å². The number of hydrogen-bond acceptors (Lipinski definition) is 3. The van der Waals surface area contributed by atoms with E-state index in [1.54, 1.807) is 24.5 Å². The molecule has 0 radical (unpaired) electrons. The van der Waals surface area contributed by atoms with Crippen molar-refractivity contribution in [2.45, 2.75) is 26.1 Å². The Bertz CT molecular complexity index is 1270. The van der Waals surface area contributed by atoms with Gasteiger partial charge < -0.3 is 10.6 Å². The zero-order valence-corrected chi connectivity index (χ0v) is 18.1. The van der Waals surface area contributed by atoms with E-state index in [1.807, 2.05) is 44.2 Å². The summed E-state index contributed by atoms with van der Waals surface area (Å²) in [6.07, 6.45) is -1.11. The minimum Gasteiger partial charge on any atom is -0.370 e. The summed E-state index contributed by atoms with van der Waals surface area (Å²) in [5, 5.41) is 7.87. The number of rotatable bonds is 5. The van der Waals surface area contributed by atoms with Gasteiger partial charge in [-0.1, -0.05) is 42.5 Å². The first-order valence-corrected chi connectivity index (χ1v) is 10.4. The van der Waals surface area contributed by atoms with E-state index in [9.17, 15) is 18.0 Å². The summed E-state index contributed by atoms with van der Waals surface area (Å²) < 4.78 is 39.2. The summed E-state index contributed by atoms with van der Waals surface area (Å²) in [4.78, 5) is 17.6. The SMILES string of the molecule is Cc1cccc(C)c1NC(C(=O)Nc1cccc2cnccc12)c1ccc(C(F)(F)F)cc1. The highest BCUT2D eigenvalue weighted by Gasteiger charge is 2.31. The van der Waals surface area contributed by atoms with Crippen molar-refractivity contribution in [3.05, 3.63) is 101 Å². The molecule has 4 nitrogen and oxygen atoms in total. The van der Waals surface area contributed by atoms with Crippen molar-refractivity contribution in [1.29, 1.82) is 0 Å². The Kier molecular flexibility index (Phi) is 6.05. The number of aryl methyl sites for hydroxylation is 2. The predicted octanol–water partition coefficient (Wildman–Crippen LogP) is 6.66. The van der Waals surface area contributed by atoms with E-state index in [0.717, 1.165) is 39.7 Å². The quantitative estimate of drug-likeness (QED) is 0.358. The van der Waals surface area contributed by atoms with E-state index in [4.69, 9.17) is 0 Å².